The Balaban J connectivity index is 1.93. The maximum absolute atomic E-state index is 14.1. The van der Waals surface area contributed by atoms with Gasteiger partial charge in [-0.2, -0.15) is 8.78 Å². The average molecular weight is 341 g/mol. The molecule has 7 heteroatoms. The molecule has 128 valence electrons. The largest absolute Gasteiger partial charge is 0.471 e. The molecule has 1 aliphatic rings. The van der Waals surface area contributed by atoms with Crippen LogP contribution in [0.2, 0.25) is 0 Å². The molecule has 0 fully saturated rings. The van der Waals surface area contributed by atoms with E-state index < -0.39 is 24.3 Å². The Morgan fingerprint density at radius 1 is 1.25 bits per heavy atom. The number of halogens is 4. The molecule has 0 N–H and O–H groups in total. The molecule has 2 heterocycles. The summed E-state index contributed by atoms with van der Waals surface area (Å²) in [6.45, 7) is -1.29. The summed E-state index contributed by atoms with van der Waals surface area (Å²) in [6, 6.07) is 4.98. The highest BCUT2D eigenvalue weighted by molar-refractivity contribution is 5.70. The maximum atomic E-state index is 14.1. The molecule has 1 aromatic carbocycles. The van der Waals surface area contributed by atoms with Crippen molar-refractivity contribution in [2.75, 3.05) is 6.61 Å². The SMILES string of the molecule is C[C@H]1Cc2c(-c3ccc(F)cc3F)ccnc2O[C@H]1COC(F)F. The van der Waals surface area contributed by atoms with Gasteiger partial charge in [-0.3, -0.25) is 0 Å². The van der Waals surface area contributed by atoms with Crippen LogP contribution >= 0.6 is 0 Å². The van der Waals surface area contributed by atoms with Crippen molar-refractivity contribution in [2.24, 2.45) is 5.92 Å². The lowest BCUT2D eigenvalue weighted by atomic mass is 9.89. The van der Waals surface area contributed by atoms with Crippen molar-refractivity contribution in [2.45, 2.75) is 26.1 Å². The molecule has 3 nitrogen and oxygen atoms in total. The molecule has 24 heavy (non-hydrogen) atoms. The standard InChI is InChI=1S/C17H15F4NO2/c1-9-6-13-11(12-3-2-10(18)7-14(12)19)4-5-22-16(13)24-15(9)8-23-17(20)21/h2-5,7,9,15,17H,6,8H2,1H3/t9-,15-/m0/s1. The molecule has 2 atom stereocenters. The predicted molar refractivity (Wildman–Crippen MR) is 78.8 cm³/mol. The first-order chi connectivity index (χ1) is 11.5. The van der Waals surface area contributed by atoms with Crippen LogP contribution in [0.1, 0.15) is 12.5 Å². The fourth-order valence-corrected chi connectivity index (χ4v) is 2.81. The molecule has 2 aromatic rings. The summed E-state index contributed by atoms with van der Waals surface area (Å²) in [6.07, 6.45) is 1.34. The first-order valence-corrected chi connectivity index (χ1v) is 7.45. The minimum absolute atomic E-state index is 0.122. The second-order valence-electron chi connectivity index (χ2n) is 5.70. The number of fused-ring (bicyclic) bond motifs is 1. The highest BCUT2D eigenvalue weighted by Crippen LogP contribution is 2.37. The lowest BCUT2D eigenvalue weighted by Gasteiger charge is -2.31. The molecular weight excluding hydrogens is 326 g/mol. The lowest BCUT2D eigenvalue weighted by Crippen LogP contribution is -2.36. The Morgan fingerprint density at radius 3 is 2.75 bits per heavy atom. The van der Waals surface area contributed by atoms with Gasteiger partial charge in [-0.05, 0) is 36.1 Å². The number of pyridine rings is 1. The van der Waals surface area contributed by atoms with Crippen molar-refractivity contribution in [1.29, 1.82) is 0 Å². The zero-order valence-corrected chi connectivity index (χ0v) is 12.8. The second kappa shape index (κ2) is 6.76. The highest BCUT2D eigenvalue weighted by Gasteiger charge is 2.31. The molecule has 0 saturated heterocycles. The van der Waals surface area contributed by atoms with Crippen LogP contribution in [-0.2, 0) is 11.2 Å². The molecule has 0 saturated carbocycles. The van der Waals surface area contributed by atoms with E-state index in [-0.39, 0.29) is 24.0 Å². The van der Waals surface area contributed by atoms with Crippen molar-refractivity contribution < 1.29 is 27.0 Å². The second-order valence-corrected chi connectivity index (χ2v) is 5.70. The zero-order valence-electron chi connectivity index (χ0n) is 12.8. The van der Waals surface area contributed by atoms with Crippen LogP contribution in [0.25, 0.3) is 11.1 Å². The van der Waals surface area contributed by atoms with Crippen LogP contribution in [0.4, 0.5) is 17.6 Å². The van der Waals surface area contributed by atoms with E-state index in [1.165, 1.54) is 18.3 Å². The van der Waals surface area contributed by atoms with Crippen molar-refractivity contribution in [3.8, 4) is 17.0 Å². The van der Waals surface area contributed by atoms with E-state index in [4.69, 9.17) is 4.74 Å². The van der Waals surface area contributed by atoms with Gasteiger partial charge in [-0.25, -0.2) is 13.8 Å². The maximum Gasteiger partial charge on any atom is 0.345 e. The van der Waals surface area contributed by atoms with Crippen LogP contribution in [-0.4, -0.2) is 24.3 Å². The van der Waals surface area contributed by atoms with E-state index in [0.29, 0.717) is 17.5 Å². The normalized spacial score (nSPS) is 19.9. The predicted octanol–water partition coefficient (Wildman–Crippen LogP) is 4.21. The third-order valence-corrected chi connectivity index (χ3v) is 4.05. The Kier molecular flexibility index (Phi) is 4.71. The fraction of sp³-hybridized carbons (Fsp3) is 0.353. The van der Waals surface area contributed by atoms with Crippen LogP contribution in [0.15, 0.2) is 30.5 Å². The van der Waals surface area contributed by atoms with E-state index >= 15 is 0 Å². The van der Waals surface area contributed by atoms with Gasteiger partial charge in [0.2, 0.25) is 5.88 Å². The van der Waals surface area contributed by atoms with E-state index in [9.17, 15) is 17.6 Å². The number of aromatic nitrogens is 1. The Bertz CT molecular complexity index is 739. The molecule has 0 radical (unpaired) electrons. The molecule has 0 unspecified atom stereocenters. The number of benzene rings is 1. The van der Waals surface area contributed by atoms with Gasteiger partial charge in [0.15, 0.2) is 0 Å². The molecule has 0 bridgehead atoms. The minimum atomic E-state index is -2.87. The summed E-state index contributed by atoms with van der Waals surface area (Å²) in [5.74, 6) is -1.20. The number of ether oxygens (including phenoxy) is 2. The molecule has 3 rings (SSSR count). The Labute approximate surface area is 136 Å². The van der Waals surface area contributed by atoms with Crippen LogP contribution in [0, 0.1) is 17.6 Å². The molecule has 1 aromatic heterocycles. The summed E-state index contributed by atoms with van der Waals surface area (Å²) in [5, 5.41) is 0. The topological polar surface area (TPSA) is 31.4 Å². The molecule has 0 spiro atoms. The number of rotatable bonds is 4. The molecule has 0 amide bonds. The van der Waals surface area contributed by atoms with E-state index in [2.05, 4.69) is 9.72 Å². The summed E-state index contributed by atoms with van der Waals surface area (Å²) < 4.78 is 61.6. The minimum Gasteiger partial charge on any atom is -0.471 e. The summed E-state index contributed by atoms with van der Waals surface area (Å²) in [4.78, 5) is 4.10. The van der Waals surface area contributed by atoms with Crippen molar-refractivity contribution >= 4 is 0 Å². The van der Waals surface area contributed by atoms with Gasteiger partial charge in [0.1, 0.15) is 17.7 Å². The summed E-state index contributed by atoms with van der Waals surface area (Å²) >= 11 is 0. The number of hydrogen-bond donors (Lipinski definition) is 0. The van der Waals surface area contributed by atoms with Gasteiger partial charge in [0, 0.05) is 23.4 Å². The van der Waals surface area contributed by atoms with Crippen LogP contribution in [0.3, 0.4) is 0 Å². The highest BCUT2D eigenvalue weighted by atomic mass is 19.3. The summed E-state index contributed by atoms with van der Waals surface area (Å²) in [5.41, 5.74) is 1.47. The van der Waals surface area contributed by atoms with Crippen molar-refractivity contribution in [1.82, 2.24) is 4.98 Å². The van der Waals surface area contributed by atoms with Gasteiger partial charge in [0.05, 0.1) is 6.61 Å². The quantitative estimate of drug-likeness (QED) is 0.781. The fourth-order valence-electron chi connectivity index (χ4n) is 2.81. The van der Waals surface area contributed by atoms with Gasteiger partial charge in [-0.1, -0.05) is 6.92 Å². The van der Waals surface area contributed by atoms with Gasteiger partial charge < -0.3 is 9.47 Å². The summed E-state index contributed by atoms with van der Waals surface area (Å²) in [7, 11) is 0. The lowest BCUT2D eigenvalue weighted by molar-refractivity contribution is -0.150. The Morgan fingerprint density at radius 2 is 2.04 bits per heavy atom. The monoisotopic (exact) mass is 341 g/mol. The molecular formula is C17H15F4NO2. The van der Waals surface area contributed by atoms with E-state index in [1.807, 2.05) is 6.92 Å². The van der Waals surface area contributed by atoms with Gasteiger partial charge in [0.25, 0.3) is 0 Å². The van der Waals surface area contributed by atoms with Crippen molar-refractivity contribution in [3.05, 3.63) is 47.7 Å². The first-order valence-electron chi connectivity index (χ1n) is 7.45. The third kappa shape index (κ3) is 3.36. The van der Waals surface area contributed by atoms with Gasteiger partial charge in [-0.15, -0.1) is 0 Å². The number of alkyl halides is 2. The van der Waals surface area contributed by atoms with Gasteiger partial charge >= 0.3 is 6.61 Å². The van der Waals surface area contributed by atoms with Crippen LogP contribution < -0.4 is 4.74 Å². The first kappa shape index (κ1) is 16.7. The molecule has 1 aliphatic heterocycles. The average Bonchev–Trinajstić information content (AvgIpc) is 2.52. The van der Waals surface area contributed by atoms with Crippen LogP contribution in [0.5, 0.6) is 5.88 Å². The Hall–Kier alpha value is -2.15. The smallest absolute Gasteiger partial charge is 0.345 e. The van der Waals surface area contributed by atoms with Crippen molar-refractivity contribution in [3.63, 3.8) is 0 Å². The van der Waals surface area contributed by atoms with E-state index in [1.54, 1.807) is 6.07 Å². The number of nitrogens with zero attached hydrogens (tertiary/aromatic N) is 1. The number of hydrogen-bond acceptors (Lipinski definition) is 3. The third-order valence-electron chi connectivity index (χ3n) is 4.05. The van der Waals surface area contributed by atoms with E-state index in [0.717, 1.165) is 6.07 Å². The molecule has 0 aliphatic carbocycles. The zero-order chi connectivity index (χ0) is 17.3.